The normalized spacial score (nSPS) is 16.2. The number of ether oxygens (including phenoxy) is 1. The molecule has 0 radical (unpaired) electrons. The third-order valence-corrected chi connectivity index (χ3v) is 4.74. The number of hydrogen-bond acceptors (Lipinski definition) is 7. The van der Waals surface area contributed by atoms with Crippen LogP contribution in [0.1, 0.15) is 18.7 Å². The van der Waals surface area contributed by atoms with Gasteiger partial charge in [0.15, 0.2) is 17.3 Å². The van der Waals surface area contributed by atoms with Crippen LogP contribution >= 0.6 is 13.5 Å². The van der Waals surface area contributed by atoms with E-state index in [0.717, 1.165) is 12.0 Å². The lowest BCUT2D eigenvalue weighted by atomic mass is 10.2. The maximum Gasteiger partial charge on any atom is 0.240 e. The molecule has 0 spiro atoms. The second-order valence-corrected chi connectivity index (χ2v) is 6.65. The number of benzene rings is 1. The van der Waals surface area contributed by atoms with Crippen LogP contribution in [0.3, 0.4) is 0 Å². The van der Waals surface area contributed by atoms with E-state index in [-0.39, 0.29) is 39.2 Å². The monoisotopic (exact) mass is 416 g/mol. The molecule has 0 saturated carbocycles. The molecule has 3 heterocycles. The van der Waals surface area contributed by atoms with E-state index in [0.29, 0.717) is 41.6 Å². The summed E-state index contributed by atoms with van der Waals surface area (Å²) in [4.78, 5) is 30.9. The summed E-state index contributed by atoms with van der Waals surface area (Å²) in [6, 6.07) is 9.22. The van der Waals surface area contributed by atoms with Crippen LogP contribution in [-0.2, 0) is 16.1 Å². The lowest BCUT2D eigenvalue weighted by Crippen LogP contribution is -2.41. The Balaban J connectivity index is 0.00000240. The number of nitrogens with one attached hydrogen (secondary N) is 1. The highest BCUT2D eigenvalue weighted by molar-refractivity contribution is 7.59. The Morgan fingerprint density at radius 2 is 2.07 bits per heavy atom. The van der Waals surface area contributed by atoms with Crippen LogP contribution in [0.25, 0.3) is 22.6 Å². The first-order chi connectivity index (χ1) is 13.7. The highest BCUT2D eigenvalue weighted by Crippen LogP contribution is 2.31. The van der Waals surface area contributed by atoms with Crippen molar-refractivity contribution >= 4 is 36.4 Å². The van der Waals surface area contributed by atoms with Crippen molar-refractivity contribution in [3.8, 4) is 11.4 Å². The second-order valence-electron chi connectivity index (χ2n) is 6.65. The summed E-state index contributed by atoms with van der Waals surface area (Å²) in [5.74, 6) is 1.37. The molecule has 2 aromatic heterocycles. The van der Waals surface area contributed by atoms with Crippen molar-refractivity contribution < 1.29 is 14.6 Å². The maximum atomic E-state index is 11.9. The zero-order chi connectivity index (χ0) is 19.5. The molecule has 1 aromatic carbocycles. The molecule has 0 aliphatic carbocycles. The third-order valence-electron chi connectivity index (χ3n) is 4.74. The van der Waals surface area contributed by atoms with Gasteiger partial charge in [-0.2, -0.15) is 13.5 Å². The molecule has 9 nitrogen and oxygen atoms in total. The minimum absolute atomic E-state index is 0. The van der Waals surface area contributed by atoms with Gasteiger partial charge in [-0.05, 0) is 12.8 Å². The van der Waals surface area contributed by atoms with Gasteiger partial charge < -0.3 is 25.5 Å². The molecule has 1 amide bonds. The molecule has 154 valence electrons. The molecule has 4 N–H and O–H groups in total. The number of aliphatic hydroxyl groups excluding tert-OH is 1. The Hall–Kier alpha value is -2.69. The number of fused-ring (bicyclic) bond motifs is 1. The van der Waals surface area contributed by atoms with E-state index in [9.17, 15) is 4.79 Å². The van der Waals surface area contributed by atoms with Crippen molar-refractivity contribution in [2.75, 3.05) is 24.7 Å². The van der Waals surface area contributed by atoms with E-state index in [1.807, 2.05) is 35.2 Å². The number of nitrogens with zero attached hydrogens (tertiary/aromatic N) is 4. The number of primary amides is 1. The molecule has 4 rings (SSSR count). The predicted molar refractivity (Wildman–Crippen MR) is 114 cm³/mol. The van der Waals surface area contributed by atoms with Crippen molar-refractivity contribution in [3.05, 3.63) is 36.2 Å². The Labute approximate surface area is 174 Å². The van der Waals surface area contributed by atoms with Crippen molar-refractivity contribution in [1.82, 2.24) is 19.9 Å². The van der Waals surface area contributed by atoms with Gasteiger partial charge >= 0.3 is 0 Å². The minimum atomic E-state index is -0.404. The van der Waals surface area contributed by atoms with Crippen LogP contribution in [0.2, 0.25) is 0 Å². The Kier molecular flexibility index (Phi) is 6.68. The van der Waals surface area contributed by atoms with Crippen LogP contribution in [0.4, 0.5) is 5.82 Å². The lowest BCUT2D eigenvalue weighted by Gasteiger charge is -2.23. The molecular formula is C19H24N6O3S. The Bertz CT molecular complexity index is 981. The first-order valence-corrected chi connectivity index (χ1v) is 9.24. The van der Waals surface area contributed by atoms with Gasteiger partial charge in [0.05, 0.1) is 13.2 Å². The molecule has 1 aliphatic heterocycles. The van der Waals surface area contributed by atoms with Gasteiger partial charge in [0.25, 0.3) is 0 Å². The summed E-state index contributed by atoms with van der Waals surface area (Å²) in [5.41, 5.74) is 7.62. The summed E-state index contributed by atoms with van der Waals surface area (Å²) in [6.07, 6.45) is 1.56. The van der Waals surface area contributed by atoms with Gasteiger partial charge in [-0.25, -0.2) is 15.0 Å². The number of hydrogen-bond donors (Lipinski definition) is 3. The zero-order valence-electron chi connectivity index (χ0n) is 15.8. The average molecular weight is 417 g/mol. The van der Waals surface area contributed by atoms with E-state index in [2.05, 4.69) is 15.0 Å². The SMILES string of the molecule is NC(=O)[C@@H]1CCCN1c1nc(-c2ccccc2)nc2nc(COCCO)[nH]c12.S. The van der Waals surface area contributed by atoms with Gasteiger partial charge in [-0.3, -0.25) is 4.79 Å². The summed E-state index contributed by atoms with van der Waals surface area (Å²) in [7, 11) is 0. The fourth-order valence-corrected chi connectivity index (χ4v) is 3.47. The summed E-state index contributed by atoms with van der Waals surface area (Å²) >= 11 is 0. The average Bonchev–Trinajstić information content (AvgIpc) is 3.35. The van der Waals surface area contributed by atoms with E-state index >= 15 is 0 Å². The Morgan fingerprint density at radius 1 is 1.28 bits per heavy atom. The second kappa shape index (κ2) is 9.21. The van der Waals surface area contributed by atoms with Crippen molar-refractivity contribution in [3.63, 3.8) is 0 Å². The van der Waals surface area contributed by atoms with Crippen LogP contribution in [-0.4, -0.2) is 56.7 Å². The van der Waals surface area contributed by atoms with Crippen LogP contribution < -0.4 is 10.6 Å². The number of carbonyl (C=O) groups is 1. The van der Waals surface area contributed by atoms with E-state index in [4.69, 9.17) is 20.6 Å². The highest BCUT2D eigenvalue weighted by Gasteiger charge is 2.32. The number of aromatic amines is 1. The maximum absolute atomic E-state index is 11.9. The first kappa shape index (κ1) is 21.0. The molecule has 29 heavy (non-hydrogen) atoms. The number of nitrogens with two attached hydrogens (primary N) is 1. The number of carbonyl (C=O) groups excluding carboxylic acids is 1. The number of aromatic nitrogens is 4. The standard InChI is InChI=1S/C19H22N6O3.H2S/c20-16(27)13-7-4-8-25(13)19-15-18(22-14(21-15)11-28-10-9-26)23-17(24-19)12-5-2-1-3-6-12;/h1-3,5-6,13,26H,4,7-11H2,(H2,20,27)(H,21,22,23,24);1H2/t13-;/m0./s1. The molecule has 1 fully saturated rings. The number of imidazole rings is 1. The van der Waals surface area contributed by atoms with Gasteiger partial charge in [0.1, 0.15) is 24.0 Å². The van der Waals surface area contributed by atoms with Gasteiger partial charge in [0, 0.05) is 12.1 Å². The zero-order valence-corrected chi connectivity index (χ0v) is 16.8. The van der Waals surface area contributed by atoms with Gasteiger partial charge in [0.2, 0.25) is 5.91 Å². The van der Waals surface area contributed by atoms with Crippen LogP contribution in [0.5, 0.6) is 0 Å². The molecule has 0 bridgehead atoms. The quantitative estimate of drug-likeness (QED) is 0.492. The van der Waals surface area contributed by atoms with Gasteiger partial charge in [-0.15, -0.1) is 0 Å². The van der Waals surface area contributed by atoms with Crippen molar-refractivity contribution in [2.45, 2.75) is 25.5 Å². The molecule has 1 saturated heterocycles. The smallest absolute Gasteiger partial charge is 0.240 e. The van der Waals surface area contributed by atoms with E-state index in [1.54, 1.807) is 0 Å². The van der Waals surface area contributed by atoms with Crippen molar-refractivity contribution in [2.24, 2.45) is 5.73 Å². The van der Waals surface area contributed by atoms with E-state index < -0.39 is 6.04 Å². The molecular weight excluding hydrogens is 392 g/mol. The largest absolute Gasteiger partial charge is 0.394 e. The summed E-state index contributed by atoms with van der Waals surface area (Å²) in [6.45, 7) is 1.07. The fraction of sp³-hybridized carbons (Fsp3) is 0.368. The molecule has 1 atom stereocenters. The fourth-order valence-electron chi connectivity index (χ4n) is 3.47. The topological polar surface area (TPSA) is 130 Å². The number of amides is 1. The highest BCUT2D eigenvalue weighted by atomic mass is 32.1. The summed E-state index contributed by atoms with van der Waals surface area (Å²) < 4.78 is 5.36. The molecule has 10 heteroatoms. The van der Waals surface area contributed by atoms with Crippen LogP contribution in [0, 0.1) is 0 Å². The molecule has 3 aromatic rings. The van der Waals surface area contributed by atoms with Crippen LogP contribution in [0.15, 0.2) is 30.3 Å². The number of rotatable bonds is 7. The minimum Gasteiger partial charge on any atom is -0.394 e. The number of anilines is 1. The molecule has 1 aliphatic rings. The predicted octanol–water partition coefficient (Wildman–Crippen LogP) is 1.10. The lowest BCUT2D eigenvalue weighted by molar-refractivity contribution is -0.119. The van der Waals surface area contributed by atoms with E-state index in [1.165, 1.54) is 0 Å². The third kappa shape index (κ3) is 4.34. The van der Waals surface area contributed by atoms with Crippen molar-refractivity contribution in [1.29, 1.82) is 0 Å². The number of aliphatic hydroxyl groups is 1. The Morgan fingerprint density at radius 3 is 2.79 bits per heavy atom. The van der Waals surface area contributed by atoms with Gasteiger partial charge in [-0.1, -0.05) is 30.3 Å². The first-order valence-electron chi connectivity index (χ1n) is 9.24. The molecule has 0 unspecified atom stereocenters. The summed E-state index contributed by atoms with van der Waals surface area (Å²) in [5, 5.41) is 8.89. The number of H-pyrrole nitrogens is 1.